The molecule has 5 aliphatic rings. The molecule has 3 aromatic carbocycles. The third-order valence-electron chi connectivity index (χ3n) is 10.5. The van der Waals surface area contributed by atoms with Gasteiger partial charge in [-0.25, -0.2) is 4.90 Å². The predicted octanol–water partition coefficient (Wildman–Crippen LogP) is 5.19. The molecule has 0 aromatic heterocycles. The monoisotopic (exact) mass is 620 g/mol. The summed E-state index contributed by atoms with van der Waals surface area (Å²) in [7, 11) is 1.52. The topological polar surface area (TPSA) is 104 Å². The summed E-state index contributed by atoms with van der Waals surface area (Å²) in [5, 5.41) is 10.7. The molecular formula is C36H29ClN2O6. The number of halogens is 1. The van der Waals surface area contributed by atoms with Gasteiger partial charge in [0.2, 0.25) is 23.6 Å². The first-order valence-electron chi connectivity index (χ1n) is 15.1. The number of carbonyl (C=O) groups is 4. The first kappa shape index (κ1) is 27.8. The fourth-order valence-electron chi connectivity index (χ4n) is 8.72. The average molecular weight is 621 g/mol. The first-order chi connectivity index (χ1) is 21.7. The number of anilines is 1. The maximum absolute atomic E-state index is 15.2. The number of nitrogens with zero attached hydrogens (tertiary/aromatic N) is 2. The predicted molar refractivity (Wildman–Crippen MR) is 165 cm³/mol. The molecule has 6 atom stereocenters. The molecule has 0 spiro atoms. The molecule has 226 valence electrons. The van der Waals surface area contributed by atoms with Crippen molar-refractivity contribution in [1.82, 2.24) is 4.90 Å². The zero-order valence-electron chi connectivity index (χ0n) is 24.4. The molecule has 9 heteroatoms. The highest BCUT2D eigenvalue weighted by atomic mass is 35.5. The summed E-state index contributed by atoms with van der Waals surface area (Å²) in [6, 6.07) is 21.0. The molecule has 2 aliphatic carbocycles. The highest BCUT2D eigenvalue weighted by Gasteiger charge is 2.70. The van der Waals surface area contributed by atoms with Crippen LogP contribution in [0.2, 0.25) is 5.02 Å². The molecule has 3 aromatic rings. The van der Waals surface area contributed by atoms with E-state index < -0.39 is 35.0 Å². The van der Waals surface area contributed by atoms with Gasteiger partial charge >= 0.3 is 0 Å². The fourth-order valence-corrected chi connectivity index (χ4v) is 8.90. The number of imide groups is 2. The number of aromatic hydroxyl groups is 1. The number of likely N-dealkylation sites (tertiary alicyclic amines) is 1. The Morgan fingerprint density at radius 2 is 1.71 bits per heavy atom. The van der Waals surface area contributed by atoms with Gasteiger partial charge in [0.05, 0.1) is 35.1 Å². The van der Waals surface area contributed by atoms with Crippen molar-refractivity contribution in [2.75, 3.05) is 11.9 Å². The van der Waals surface area contributed by atoms with Gasteiger partial charge in [-0.15, -0.1) is 0 Å². The van der Waals surface area contributed by atoms with Gasteiger partial charge in [-0.05, 0) is 66.3 Å². The number of allylic oxidation sites excluding steroid dienone is 3. The summed E-state index contributed by atoms with van der Waals surface area (Å²) < 4.78 is 6.13. The Bertz CT molecular complexity index is 1880. The zero-order valence-corrected chi connectivity index (χ0v) is 25.1. The van der Waals surface area contributed by atoms with Crippen LogP contribution in [0.1, 0.15) is 24.0 Å². The summed E-state index contributed by atoms with van der Waals surface area (Å²) in [4.78, 5) is 59.1. The van der Waals surface area contributed by atoms with E-state index in [0.29, 0.717) is 34.9 Å². The van der Waals surface area contributed by atoms with Crippen LogP contribution >= 0.6 is 11.6 Å². The Morgan fingerprint density at radius 1 is 0.911 bits per heavy atom. The number of hydrogen-bond donors (Lipinski definition) is 1. The van der Waals surface area contributed by atoms with Gasteiger partial charge in [-0.3, -0.25) is 24.1 Å². The largest absolute Gasteiger partial charge is 0.508 e. The van der Waals surface area contributed by atoms with Crippen LogP contribution < -0.4 is 9.64 Å². The van der Waals surface area contributed by atoms with Crippen molar-refractivity contribution >= 4 is 40.9 Å². The molecule has 1 saturated carbocycles. The van der Waals surface area contributed by atoms with E-state index in [-0.39, 0.29) is 35.8 Å². The third-order valence-corrected chi connectivity index (χ3v) is 10.8. The smallest absolute Gasteiger partial charge is 0.246 e. The first-order valence-corrected chi connectivity index (χ1v) is 15.5. The molecule has 8 nitrogen and oxygen atoms in total. The second-order valence-corrected chi connectivity index (χ2v) is 13.0. The minimum Gasteiger partial charge on any atom is -0.508 e. The van der Waals surface area contributed by atoms with Gasteiger partial charge in [0, 0.05) is 30.0 Å². The van der Waals surface area contributed by atoms with Gasteiger partial charge in [0.15, 0.2) is 0 Å². The SMILES string of the molecule is CN1C(=O)[C@H]2[C@H](CC=C3[C@H](C4=COc5ccc(O)cc5C4)[C@]4(c5ccccc5)C(=O)N(c5cccc(Cl)c5)C(=O)[C@@H]4C[C@H]32)C1=O. The molecule has 3 aliphatic heterocycles. The van der Waals surface area contributed by atoms with Crippen LogP contribution in [-0.2, 0) is 31.0 Å². The normalized spacial score (nSPS) is 30.2. The lowest BCUT2D eigenvalue weighted by Gasteiger charge is -2.51. The van der Waals surface area contributed by atoms with Gasteiger partial charge < -0.3 is 9.84 Å². The minimum atomic E-state index is -1.36. The van der Waals surface area contributed by atoms with E-state index >= 15 is 4.79 Å². The number of ether oxygens (including phenoxy) is 1. The van der Waals surface area contributed by atoms with Crippen LogP contribution in [0.4, 0.5) is 5.69 Å². The molecule has 3 fully saturated rings. The van der Waals surface area contributed by atoms with E-state index in [1.54, 1.807) is 48.7 Å². The number of rotatable bonds is 3. The number of hydrogen-bond acceptors (Lipinski definition) is 6. The highest BCUT2D eigenvalue weighted by Crippen LogP contribution is 2.63. The van der Waals surface area contributed by atoms with E-state index in [4.69, 9.17) is 16.3 Å². The summed E-state index contributed by atoms with van der Waals surface area (Å²) in [6.07, 6.45) is 4.65. The molecule has 45 heavy (non-hydrogen) atoms. The van der Waals surface area contributed by atoms with Crippen molar-refractivity contribution in [3.63, 3.8) is 0 Å². The van der Waals surface area contributed by atoms with Crippen molar-refractivity contribution in [2.24, 2.45) is 29.6 Å². The Kier molecular flexibility index (Phi) is 6.13. The van der Waals surface area contributed by atoms with Gasteiger partial charge in [-0.1, -0.05) is 59.6 Å². The highest BCUT2D eigenvalue weighted by molar-refractivity contribution is 6.32. The molecule has 0 bridgehead atoms. The maximum Gasteiger partial charge on any atom is 0.246 e. The van der Waals surface area contributed by atoms with Gasteiger partial charge in [0.1, 0.15) is 11.5 Å². The van der Waals surface area contributed by atoms with Crippen molar-refractivity contribution in [2.45, 2.75) is 24.7 Å². The number of amides is 4. The van der Waals surface area contributed by atoms with Crippen molar-refractivity contribution in [1.29, 1.82) is 0 Å². The summed E-state index contributed by atoms with van der Waals surface area (Å²) in [5.74, 6) is -3.56. The molecule has 3 heterocycles. The van der Waals surface area contributed by atoms with E-state index in [2.05, 4.69) is 0 Å². The Morgan fingerprint density at radius 3 is 2.49 bits per heavy atom. The van der Waals surface area contributed by atoms with E-state index in [9.17, 15) is 19.5 Å². The standard InChI is InChI=1S/C36H29ClN2O6/c1-38-32(41)26-12-11-25-27(30(26)34(38)43)17-28-33(42)39(23-9-5-8-22(37)16-23)35(44)36(28,21-6-3-2-4-7-21)31(25)20-14-19-15-24(40)10-13-29(19)45-18-20/h2-11,13,15-16,18,26-28,30-31,40H,12,14,17H2,1H3/t26-,27+,28-,30-,31-,36+/m0/s1. The molecule has 0 radical (unpaired) electrons. The quantitative estimate of drug-likeness (QED) is 0.319. The van der Waals surface area contributed by atoms with Crippen LogP contribution in [0.25, 0.3) is 0 Å². The minimum absolute atomic E-state index is 0.0906. The molecule has 8 rings (SSSR count). The van der Waals surface area contributed by atoms with Gasteiger partial charge in [-0.2, -0.15) is 0 Å². The van der Waals surface area contributed by atoms with Crippen molar-refractivity contribution in [3.8, 4) is 11.5 Å². The lowest BCUT2D eigenvalue weighted by Crippen LogP contribution is -2.55. The second-order valence-electron chi connectivity index (χ2n) is 12.6. The maximum atomic E-state index is 15.2. The van der Waals surface area contributed by atoms with Crippen molar-refractivity contribution < 1.29 is 29.0 Å². The van der Waals surface area contributed by atoms with Crippen LogP contribution in [0.15, 0.2) is 96.3 Å². The van der Waals surface area contributed by atoms with Crippen LogP contribution in [0.5, 0.6) is 11.5 Å². The number of benzene rings is 3. The Labute approximate surface area is 264 Å². The van der Waals surface area contributed by atoms with Crippen LogP contribution in [0, 0.1) is 29.6 Å². The summed E-state index contributed by atoms with van der Waals surface area (Å²) >= 11 is 6.36. The number of carbonyl (C=O) groups excluding carboxylic acids is 4. The summed E-state index contributed by atoms with van der Waals surface area (Å²) in [5.41, 5.74) is 2.09. The molecule has 0 unspecified atom stereocenters. The van der Waals surface area contributed by atoms with Crippen LogP contribution in [-0.4, -0.2) is 40.7 Å². The lowest BCUT2D eigenvalue weighted by atomic mass is 9.48. The third kappa shape index (κ3) is 3.78. The number of phenolic OH excluding ortho intramolecular Hbond substituents is 1. The zero-order chi connectivity index (χ0) is 31.2. The average Bonchev–Trinajstić information content (AvgIpc) is 3.41. The molecule has 2 saturated heterocycles. The van der Waals surface area contributed by atoms with Crippen LogP contribution in [0.3, 0.4) is 0 Å². The lowest BCUT2D eigenvalue weighted by molar-refractivity contribution is -0.138. The van der Waals surface area contributed by atoms with Crippen molar-refractivity contribution in [3.05, 3.63) is 112 Å². The summed E-state index contributed by atoms with van der Waals surface area (Å²) in [6.45, 7) is 0. The van der Waals surface area contributed by atoms with E-state index in [0.717, 1.165) is 16.7 Å². The van der Waals surface area contributed by atoms with E-state index in [1.807, 2.05) is 36.4 Å². The van der Waals surface area contributed by atoms with E-state index in [1.165, 1.54) is 16.8 Å². The second kappa shape index (κ2) is 9.91. The molecule has 1 N–H and O–H groups in total. The molecule has 4 amide bonds. The van der Waals surface area contributed by atoms with Gasteiger partial charge in [0.25, 0.3) is 0 Å². The number of fused-ring (bicyclic) bond motifs is 5. The Balaban J connectivity index is 1.38. The fraction of sp³-hybridized carbons (Fsp3) is 0.278. The molecular weight excluding hydrogens is 592 g/mol. The Hall–Kier alpha value is -4.69. The number of phenols is 1.